The summed E-state index contributed by atoms with van der Waals surface area (Å²) < 4.78 is 8.33. The van der Waals surface area contributed by atoms with Gasteiger partial charge in [-0.1, -0.05) is 15.9 Å². The van der Waals surface area contributed by atoms with Crippen molar-refractivity contribution in [3.63, 3.8) is 0 Å². The van der Waals surface area contributed by atoms with Gasteiger partial charge in [0.2, 0.25) is 0 Å². The Labute approximate surface area is 149 Å². The SMILES string of the molecule is CC(C)(C)OC(=O)N1CCc2c(c(N)nn2-c2ccc(Br)cc2)C1. The lowest BCUT2D eigenvalue weighted by Crippen LogP contribution is -2.40. The van der Waals surface area contributed by atoms with Crippen molar-refractivity contribution in [3.05, 3.63) is 40.0 Å². The minimum absolute atomic E-state index is 0.316. The van der Waals surface area contributed by atoms with Crippen molar-refractivity contribution in [2.24, 2.45) is 0 Å². The van der Waals surface area contributed by atoms with Crippen LogP contribution in [0.5, 0.6) is 0 Å². The van der Waals surface area contributed by atoms with E-state index in [0.717, 1.165) is 21.4 Å². The number of nitrogens with two attached hydrogens (primary N) is 1. The average Bonchev–Trinajstić information content (AvgIpc) is 2.83. The summed E-state index contributed by atoms with van der Waals surface area (Å²) in [5.74, 6) is 0.459. The molecule has 1 aliphatic rings. The Kier molecular flexibility index (Phi) is 4.29. The number of benzene rings is 1. The monoisotopic (exact) mass is 392 g/mol. The Bertz CT molecular complexity index is 762. The van der Waals surface area contributed by atoms with Crippen LogP contribution in [-0.4, -0.2) is 32.9 Å². The molecule has 0 bridgehead atoms. The number of hydrogen-bond donors (Lipinski definition) is 1. The molecule has 0 aliphatic carbocycles. The Balaban J connectivity index is 1.86. The van der Waals surface area contributed by atoms with Crippen LogP contribution in [-0.2, 0) is 17.7 Å². The molecule has 2 aromatic rings. The average molecular weight is 393 g/mol. The second-order valence-electron chi connectivity index (χ2n) is 6.85. The Hall–Kier alpha value is -2.02. The van der Waals surface area contributed by atoms with Crippen molar-refractivity contribution >= 4 is 27.8 Å². The largest absolute Gasteiger partial charge is 0.444 e. The third-order valence-electron chi connectivity index (χ3n) is 3.81. The van der Waals surface area contributed by atoms with Crippen LogP contribution in [0.25, 0.3) is 5.69 Å². The third-order valence-corrected chi connectivity index (χ3v) is 4.34. The highest BCUT2D eigenvalue weighted by Crippen LogP contribution is 2.28. The number of aromatic nitrogens is 2. The van der Waals surface area contributed by atoms with Gasteiger partial charge in [-0.2, -0.15) is 5.10 Å². The molecule has 0 saturated heterocycles. The number of carbonyl (C=O) groups is 1. The fraction of sp³-hybridized carbons (Fsp3) is 0.412. The predicted octanol–water partition coefficient (Wildman–Crippen LogP) is 3.51. The molecule has 2 heterocycles. The topological polar surface area (TPSA) is 73.4 Å². The second kappa shape index (κ2) is 6.12. The summed E-state index contributed by atoms with van der Waals surface area (Å²) in [6, 6.07) is 7.90. The molecular weight excluding hydrogens is 372 g/mol. The summed E-state index contributed by atoms with van der Waals surface area (Å²) in [7, 11) is 0. The van der Waals surface area contributed by atoms with Crippen LogP contribution in [0.15, 0.2) is 28.7 Å². The van der Waals surface area contributed by atoms with Gasteiger partial charge in [0, 0.05) is 23.0 Å². The van der Waals surface area contributed by atoms with Gasteiger partial charge < -0.3 is 15.4 Å². The van der Waals surface area contributed by atoms with Crippen molar-refractivity contribution in [1.29, 1.82) is 0 Å². The number of carbonyl (C=O) groups excluding carboxylic acids is 1. The van der Waals surface area contributed by atoms with Crippen molar-refractivity contribution in [2.75, 3.05) is 12.3 Å². The Morgan fingerprint density at radius 2 is 1.96 bits per heavy atom. The van der Waals surface area contributed by atoms with Crippen LogP contribution < -0.4 is 5.73 Å². The maximum atomic E-state index is 12.3. The molecule has 0 fully saturated rings. The van der Waals surface area contributed by atoms with E-state index in [9.17, 15) is 4.79 Å². The smallest absolute Gasteiger partial charge is 0.410 e. The molecule has 0 unspecified atom stereocenters. The van der Waals surface area contributed by atoms with Crippen LogP contribution in [0.2, 0.25) is 0 Å². The minimum atomic E-state index is -0.509. The van der Waals surface area contributed by atoms with Crippen molar-refractivity contribution in [3.8, 4) is 5.69 Å². The first kappa shape index (κ1) is 16.8. The molecule has 6 nitrogen and oxygen atoms in total. The second-order valence-corrected chi connectivity index (χ2v) is 7.77. The number of nitrogen functional groups attached to an aromatic ring is 1. The fourth-order valence-electron chi connectivity index (χ4n) is 2.72. The molecule has 1 aliphatic heterocycles. The standard InChI is InChI=1S/C17H21BrN4O2/c1-17(2,3)24-16(23)21-9-8-14-13(10-21)15(19)20-22(14)12-6-4-11(18)5-7-12/h4-7H,8-10H2,1-3H3,(H2,19,20). The highest BCUT2D eigenvalue weighted by Gasteiger charge is 2.29. The molecule has 0 spiro atoms. The van der Waals surface area contributed by atoms with Crippen LogP contribution in [0, 0.1) is 0 Å². The van der Waals surface area contributed by atoms with Crippen LogP contribution in [0.4, 0.5) is 10.6 Å². The van der Waals surface area contributed by atoms with Gasteiger partial charge in [-0.15, -0.1) is 0 Å². The molecule has 1 aromatic heterocycles. The number of halogens is 1. The molecule has 128 valence electrons. The van der Waals surface area contributed by atoms with E-state index < -0.39 is 5.60 Å². The third kappa shape index (κ3) is 3.40. The maximum Gasteiger partial charge on any atom is 0.410 e. The first-order valence-electron chi connectivity index (χ1n) is 7.85. The summed E-state index contributed by atoms with van der Waals surface area (Å²) in [6.45, 7) is 6.59. The molecular formula is C17H21BrN4O2. The number of anilines is 1. The lowest BCUT2D eigenvalue weighted by atomic mass is 10.1. The van der Waals surface area contributed by atoms with Crippen LogP contribution in [0.3, 0.4) is 0 Å². The predicted molar refractivity (Wildman–Crippen MR) is 96.0 cm³/mol. The minimum Gasteiger partial charge on any atom is -0.444 e. The first-order valence-corrected chi connectivity index (χ1v) is 8.64. The van der Waals surface area contributed by atoms with Crippen molar-refractivity contribution in [2.45, 2.75) is 39.3 Å². The van der Waals surface area contributed by atoms with Gasteiger partial charge >= 0.3 is 6.09 Å². The quantitative estimate of drug-likeness (QED) is 0.805. The molecule has 24 heavy (non-hydrogen) atoms. The molecule has 1 amide bonds. The van der Waals surface area contributed by atoms with Gasteiger partial charge in [-0.05, 0) is 45.0 Å². The molecule has 0 radical (unpaired) electrons. The normalized spacial score (nSPS) is 14.4. The van der Waals surface area contributed by atoms with E-state index in [1.807, 2.05) is 49.7 Å². The Morgan fingerprint density at radius 1 is 1.29 bits per heavy atom. The summed E-state index contributed by atoms with van der Waals surface area (Å²) in [5.41, 5.74) is 8.49. The molecule has 0 saturated carbocycles. The van der Waals surface area contributed by atoms with Gasteiger partial charge in [-0.25, -0.2) is 9.48 Å². The van der Waals surface area contributed by atoms with Gasteiger partial charge in [0.05, 0.1) is 17.9 Å². The van der Waals surface area contributed by atoms with Crippen LogP contribution >= 0.6 is 15.9 Å². The number of fused-ring (bicyclic) bond motifs is 1. The lowest BCUT2D eigenvalue weighted by Gasteiger charge is -2.30. The fourth-order valence-corrected chi connectivity index (χ4v) is 2.99. The van der Waals surface area contributed by atoms with E-state index in [0.29, 0.717) is 25.3 Å². The van der Waals surface area contributed by atoms with E-state index >= 15 is 0 Å². The van der Waals surface area contributed by atoms with Gasteiger partial charge in [-0.3, -0.25) is 0 Å². The molecule has 2 N–H and O–H groups in total. The highest BCUT2D eigenvalue weighted by molar-refractivity contribution is 9.10. The number of ether oxygens (including phenoxy) is 1. The zero-order valence-corrected chi connectivity index (χ0v) is 15.6. The number of nitrogens with zero attached hydrogens (tertiary/aromatic N) is 3. The number of rotatable bonds is 1. The first-order chi connectivity index (χ1) is 11.2. The van der Waals surface area contributed by atoms with Crippen LogP contribution in [0.1, 0.15) is 32.0 Å². The summed E-state index contributed by atoms with van der Waals surface area (Å²) in [4.78, 5) is 14.0. The summed E-state index contributed by atoms with van der Waals surface area (Å²) in [6.07, 6.45) is 0.374. The molecule has 3 rings (SSSR count). The van der Waals surface area contributed by atoms with E-state index in [1.165, 1.54) is 0 Å². The summed E-state index contributed by atoms with van der Waals surface area (Å²) in [5, 5.41) is 4.46. The molecule has 1 aromatic carbocycles. The van der Waals surface area contributed by atoms with Gasteiger partial charge in [0.15, 0.2) is 5.82 Å². The zero-order valence-electron chi connectivity index (χ0n) is 14.0. The zero-order chi connectivity index (χ0) is 17.5. The highest BCUT2D eigenvalue weighted by atomic mass is 79.9. The summed E-state index contributed by atoms with van der Waals surface area (Å²) >= 11 is 3.43. The molecule has 0 atom stereocenters. The molecule has 7 heteroatoms. The van der Waals surface area contributed by atoms with Gasteiger partial charge in [0.25, 0.3) is 0 Å². The van der Waals surface area contributed by atoms with E-state index in [-0.39, 0.29) is 6.09 Å². The lowest BCUT2D eigenvalue weighted by molar-refractivity contribution is 0.0223. The van der Waals surface area contributed by atoms with Crippen molar-refractivity contribution in [1.82, 2.24) is 14.7 Å². The van der Waals surface area contributed by atoms with Crippen molar-refractivity contribution < 1.29 is 9.53 Å². The Morgan fingerprint density at radius 3 is 2.58 bits per heavy atom. The number of amides is 1. The van der Waals surface area contributed by atoms with E-state index in [2.05, 4.69) is 21.0 Å². The van der Waals surface area contributed by atoms with E-state index in [4.69, 9.17) is 10.5 Å². The number of hydrogen-bond acceptors (Lipinski definition) is 4. The maximum absolute atomic E-state index is 12.3. The van der Waals surface area contributed by atoms with Gasteiger partial charge in [0.1, 0.15) is 5.60 Å². The van der Waals surface area contributed by atoms with E-state index in [1.54, 1.807) is 4.90 Å².